The van der Waals surface area contributed by atoms with Crippen molar-refractivity contribution >= 4 is 17.7 Å². The number of hydrogen-bond acceptors (Lipinski definition) is 3. The van der Waals surface area contributed by atoms with Gasteiger partial charge in [-0.25, -0.2) is 0 Å². The van der Waals surface area contributed by atoms with E-state index in [2.05, 4.69) is 40.2 Å². The summed E-state index contributed by atoms with van der Waals surface area (Å²) in [4.78, 5) is 9.38. The molecule has 1 aliphatic rings. The predicted octanol–water partition coefficient (Wildman–Crippen LogP) is 1.73. The molecule has 0 saturated carbocycles. The highest BCUT2D eigenvalue weighted by atomic mass is 32.2. The Bertz CT molecular complexity index is 266. The predicted molar refractivity (Wildman–Crippen MR) is 87.3 cm³/mol. The molecule has 19 heavy (non-hydrogen) atoms. The monoisotopic (exact) mass is 286 g/mol. The van der Waals surface area contributed by atoms with Crippen molar-refractivity contribution in [3.63, 3.8) is 0 Å². The zero-order valence-corrected chi connectivity index (χ0v) is 13.8. The first-order valence-corrected chi connectivity index (χ1v) is 8.84. The standard InChI is InChI=1S/C14H30N4S/c1-5-17(6-2)13-8-10-18(12-13)14(15-3)16-9-7-11-19-4/h13H,5-12H2,1-4H3,(H,15,16). The van der Waals surface area contributed by atoms with Crippen molar-refractivity contribution < 1.29 is 0 Å². The van der Waals surface area contributed by atoms with Gasteiger partial charge in [0.05, 0.1) is 0 Å². The van der Waals surface area contributed by atoms with Crippen molar-refractivity contribution in [2.24, 2.45) is 4.99 Å². The van der Waals surface area contributed by atoms with Gasteiger partial charge in [-0.2, -0.15) is 11.8 Å². The number of thioether (sulfide) groups is 1. The maximum atomic E-state index is 4.42. The summed E-state index contributed by atoms with van der Waals surface area (Å²) >= 11 is 1.90. The summed E-state index contributed by atoms with van der Waals surface area (Å²) in [5.41, 5.74) is 0. The van der Waals surface area contributed by atoms with Gasteiger partial charge >= 0.3 is 0 Å². The van der Waals surface area contributed by atoms with E-state index in [0.717, 1.165) is 38.7 Å². The first kappa shape index (κ1) is 16.6. The average molecular weight is 286 g/mol. The number of likely N-dealkylation sites (N-methyl/N-ethyl adjacent to an activating group) is 1. The molecule has 0 aliphatic carbocycles. The first-order valence-electron chi connectivity index (χ1n) is 7.45. The van der Waals surface area contributed by atoms with E-state index in [1.807, 2.05) is 18.8 Å². The zero-order valence-electron chi connectivity index (χ0n) is 13.0. The minimum Gasteiger partial charge on any atom is -0.356 e. The summed E-state index contributed by atoms with van der Waals surface area (Å²) in [5, 5.41) is 3.49. The third kappa shape index (κ3) is 5.22. The molecule has 0 radical (unpaired) electrons. The summed E-state index contributed by atoms with van der Waals surface area (Å²) < 4.78 is 0. The molecule has 112 valence electrons. The van der Waals surface area contributed by atoms with E-state index in [1.54, 1.807) is 0 Å². The summed E-state index contributed by atoms with van der Waals surface area (Å²) in [6, 6.07) is 0.694. The molecule has 0 bridgehead atoms. The number of guanidine groups is 1. The zero-order chi connectivity index (χ0) is 14.1. The van der Waals surface area contributed by atoms with Crippen molar-refractivity contribution in [3.8, 4) is 0 Å². The van der Waals surface area contributed by atoms with E-state index in [4.69, 9.17) is 0 Å². The molecular weight excluding hydrogens is 256 g/mol. The van der Waals surface area contributed by atoms with Crippen LogP contribution in [0, 0.1) is 0 Å². The molecule has 1 N–H and O–H groups in total. The maximum Gasteiger partial charge on any atom is 0.193 e. The minimum absolute atomic E-state index is 0.694. The molecule has 5 heteroatoms. The highest BCUT2D eigenvalue weighted by molar-refractivity contribution is 7.98. The van der Waals surface area contributed by atoms with Gasteiger partial charge in [0.25, 0.3) is 0 Å². The van der Waals surface area contributed by atoms with Gasteiger partial charge in [0, 0.05) is 32.7 Å². The van der Waals surface area contributed by atoms with Crippen LogP contribution in [0.2, 0.25) is 0 Å². The number of likely N-dealkylation sites (tertiary alicyclic amines) is 1. The Hall–Kier alpha value is -0.420. The first-order chi connectivity index (χ1) is 9.26. The van der Waals surface area contributed by atoms with Crippen LogP contribution in [0.1, 0.15) is 26.7 Å². The highest BCUT2D eigenvalue weighted by Crippen LogP contribution is 2.15. The van der Waals surface area contributed by atoms with Crippen molar-refractivity contribution in [1.82, 2.24) is 15.1 Å². The molecule has 1 heterocycles. The van der Waals surface area contributed by atoms with Crippen LogP contribution in [-0.2, 0) is 0 Å². The second kappa shape index (κ2) is 9.48. The molecule has 0 aromatic heterocycles. The molecule has 0 spiro atoms. The number of aliphatic imine (C=N–C) groups is 1. The Labute approximate surface area is 123 Å². The molecule has 1 rings (SSSR count). The van der Waals surface area contributed by atoms with Gasteiger partial charge < -0.3 is 10.2 Å². The fraction of sp³-hybridized carbons (Fsp3) is 0.929. The summed E-state index contributed by atoms with van der Waals surface area (Å²) in [6.45, 7) is 10.1. The number of nitrogens with zero attached hydrogens (tertiary/aromatic N) is 3. The lowest BCUT2D eigenvalue weighted by molar-refractivity contribution is 0.223. The fourth-order valence-corrected chi connectivity index (χ4v) is 3.15. The van der Waals surface area contributed by atoms with Gasteiger partial charge in [-0.15, -0.1) is 0 Å². The Morgan fingerprint density at radius 3 is 2.74 bits per heavy atom. The van der Waals surface area contributed by atoms with Gasteiger partial charge in [0.2, 0.25) is 0 Å². The van der Waals surface area contributed by atoms with Crippen LogP contribution in [0.15, 0.2) is 4.99 Å². The Morgan fingerprint density at radius 1 is 1.42 bits per heavy atom. The molecular formula is C14H30N4S. The lowest BCUT2D eigenvalue weighted by atomic mass is 10.2. The average Bonchev–Trinajstić information content (AvgIpc) is 2.90. The van der Waals surface area contributed by atoms with Gasteiger partial charge in [0.15, 0.2) is 5.96 Å². The van der Waals surface area contributed by atoms with E-state index < -0.39 is 0 Å². The van der Waals surface area contributed by atoms with E-state index in [9.17, 15) is 0 Å². The molecule has 4 nitrogen and oxygen atoms in total. The maximum absolute atomic E-state index is 4.42. The van der Waals surface area contributed by atoms with Crippen molar-refractivity contribution in [2.45, 2.75) is 32.7 Å². The molecule has 1 fully saturated rings. The molecule has 0 aromatic carbocycles. The van der Waals surface area contributed by atoms with Gasteiger partial charge in [-0.3, -0.25) is 9.89 Å². The minimum atomic E-state index is 0.694. The second-order valence-electron chi connectivity index (χ2n) is 4.93. The SMILES string of the molecule is CCN(CC)C1CCN(C(=NC)NCCCSC)C1. The van der Waals surface area contributed by atoms with Crippen LogP contribution in [0.5, 0.6) is 0 Å². The highest BCUT2D eigenvalue weighted by Gasteiger charge is 2.27. The second-order valence-corrected chi connectivity index (χ2v) is 5.92. The number of nitrogens with one attached hydrogen (secondary N) is 1. The number of rotatable bonds is 7. The van der Waals surface area contributed by atoms with Crippen LogP contribution in [0.4, 0.5) is 0 Å². The van der Waals surface area contributed by atoms with Crippen LogP contribution in [0.25, 0.3) is 0 Å². The quantitative estimate of drug-likeness (QED) is 0.439. The molecule has 1 saturated heterocycles. The van der Waals surface area contributed by atoms with Crippen molar-refractivity contribution in [3.05, 3.63) is 0 Å². The van der Waals surface area contributed by atoms with Crippen molar-refractivity contribution in [1.29, 1.82) is 0 Å². The smallest absolute Gasteiger partial charge is 0.193 e. The summed E-state index contributed by atoms with van der Waals surface area (Å²) in [7, 11) is 1.89. The largest absolute Gasteiger partial charge is 0.356 e. The van der Waals surface area contributed by atoms with E-state index in [0.29, 0.717) is 6.04 Å². The van der Waals surface area contributed by atoms with E-state index >= 15 is 0 Å². The van der Waals surface area contributed by atoms with Gasteiger partial charge in [-0.05, 0) is 37.9 Å². The molecule has 1 unspecified atom stereocenters. The third-order valence-electron chi connectivity index (χ3n) is 3.81. The summed E-state index contributed by atoms with van der Waals surface area (Å²) in [5.74, 6) is 2.29. The van der Waals surface area contributed by atoms with E-state index in [-0.39, 0.29) is 0 Å². The topological polar surface area (TPSA) is 30.9 Å². The Morgan fingerprint density at radius 2 is 2.16 bits per heavy atom. The molecule has 0 aromatic rings. The lowest BCUT2D eigenvalue weighted by Gasteiger charge is -2.27. The van der Waals surface area contributed by atoms with Crippen LogP contribution in [-0.4, -0.2) is 73.6 Å². The van der Waals surface area contributed by atoms with E-state index in [1.165, 1.54) is 18.6 Å². The van der Waals surface area contributed by atoms with Crippen LogP contribution in [0.3, 0.4) is 0 Å². The van der Waals surface area contributed by atoms with Gasteiger partial charge in [-0.1, -0.05) is 13.8 Å². The van der Waals surface area contributed by atoms with Crippen LogP contribution >= 0.6 is 11.8 Å². The summed E-state index contributed by atoms with van der Waals surface area (Å²) in [6.07, 6.45) is 4.62. The fourth-order valence-electron chi connectivity index (χ4n) is 2.72. The molecule has 0 amide bonds. The molecule has 1 aliphatic heterocycles. The lowest BCUT2D eigenvalue weighted by Crippen LogP contribution is -2.43. The van der Waals surface area contributed by atoms with Gasteiger partial charge in [0.1, 0.15) is 0 Å². The third-order valence-corrected chi connectivity index (χ3v) is 4.51. The molecule has 1 atom stereocenters. The number of hydrogen-bond donors (Lipinski definition) is 1. The Kier molecular flexibility index (Phi) is 8.30. The Balaban J connectivity index is 2.38. The van der Waals surface area contributed by atoms with Crippen molar-refractivity contribution in [2.75, 3.05) is 51.8 Å². The van der Waals surface area contributed by atoms with Crippen LogP contribution < -0.4 is 5.32 Å². The normalized spacial score (nSPS) is 20.4.